The van der Waals surface area contributed by atoms with Gasteiger partial charge in [0.25, 0.3) is 0 Å². The highest BCUT2D eigenvalue weighted by molar-refractivity contribution is 7.99. The number of unbranched alkanes of at least 4 members (excludes halogenated alkanes) is 3. The summed E-state index contributed by atoms with van der Waals surface area (Å²) in [6.45, 7) is 16.8. The molecule has 1 amide bonds. The molecule has 0 spiro atoms. The van der Waals surface area contributed by atoms with Crippen molar-refractivity contribution in [3.63, 3.8) is 0 Å². The number of thioether (sulfide) groups is 1. The Bertz CT molecular complexity index is 1180. The molecule has 0 bridgehead atoms. The molecule has 3 rings (SSSR count). The minimum Gasteiger partial charge on any atom is -0.478 e. The molecular formula is C35H51N3O5S. The van der Waals surface area contributed by atoms with Crippen LogP contribution in [0.4, 0.5) is 11.4 Å². The fraction of sp³-hybridized carbons (Fsp3) is 0.514. The second-order valence-corrected chi connectivity index (χ2v) is 12.9. The van der Waals surface area contributed by atoms with Crippen molar-refractivity contribution in [2.75, 3.05) is 54.4 Å². The first-order valence-electron chi connectivity index (χ1n) is 15.7. The zero-order valence-corrected chi connectivity index (χ0v) is 27.9. The standard InChI is InChI=1S/C31H47N3OS.C4H4O4/c1-24(2)27-14-12-15-28(25(3)4)31(27)32-30(35)23-36-22-11-7-6-10-17-33-18-20-34(21-19-33)29-16-9-8-13-26(29)5;5-3(6)1-2-4(7)8/h8-9,12-16,24-25H,6-7,10-11,17-23H2,1-5H3,(H,32,35);1-2H,(H,5,6)(H,7,8)/b;2-1+. The van der Waals surface area contributed by atoms with E-state index in [0.29, 0.717) is 29.7 Å². The molecule has 0 radical (unpaired) electrons. The highest BCUT2D eigenvalue weighted by Crippen LogP contribution is 2.32. The van der Waals surface area contributed by atoms with Crippen molar-refractivity contribution in [2.24, 2.45) is 0 Å². The molecule has 1 aliphatic rings. The first-order chi connectivity index (χ1) is 21.0. The number of carboxylic acids is 2. The quantitative estimate of drug-likeness (QED) is 0.143. The first kappa shape index (κ1) is 36.9. The highest BCUT2D eigenvalue weighted by Gasteiger charge is 2.18. The third-order valence-corrected chi connectivity index (χ3v) is 8.62. The molecular weight excluding hydrogens is 574 g/mol. The Morgan fingerprint density at radius 1 is 0.818 bits per heavy atom. The van der Waals surface area contributed by atoms with Gasteiger partial charge in [0.15, 0.2) is 0 Å². The van der Waals surface area contributed by atoms with Crippen LogP contribution in [0.25, 0.3) is 0 Å². The van der Waals surface area contributed by atoms with Gasteiger partial charge in [-0.15, -0.1) is 0 Å². The number of aryl methyl sites for hydroxylation is 1. The van der Waals surface area contributed by atoms with Crippen LogP contribution in [0.5, 0.6) is 0 Å². The predicted molar refractivity (Wildman–Crippen MR) is 183 cm³/mol. The van der Waals surface area contributed by atoms with Crippen LogP contribution in [-0.4, -0.2) is 77.2 Å². The molecule has 242 valence electrons. The van der Waals surface area contributed by atoms with E-state index in [2.05, 4.69) is 92.2 Å². The minimum atomic E-state index is -1.26. The molecule has 2 aromatic carbocycles. The van der Waals surface area contributed by atoms with Crippen molar-refractivity contribution in [3.8, 4) is 0 Å². The molecule has 44 heavy (non-hydrogen) atoms. The molecule has 1 saturated heterocycles. The summed E-state index contributed by atoms with van der Waals surface area (Å²) < 4.78 is 0. The van der Waals surface area contributed by atoms with Gasteiger partial charge in [-0.3, -0.25) is 9.69 Å². The zero-order chi connectivity index (χ0) is 32.5. The van der Waals surface area contributed by atoms with Crippen molar-refractivity contribution in [2.45, 2.75) is 72.1 Å². The molecule has 3 N–H and O–H groups in total. The maximum absolute atomic E-state index is 12.7. The number of benzene rings is 2. The number of amides is 1. The molecule has 8 nitrogen and oxygen atoms in total. The summed E-state index contributed by atoms with van der Waals surface area (Å²) in [4.78, 5) is 36.9. The summed E-state index contributed by atoms with van der Waals surface area (Å²) in [6, 6.07) is 15.1. The van der Waals surface area contributed by atoms with E-state index in [-0.39, 0.29) is 5.91 Å². The van der Waals surface area contributed by atoms with Gasteiger partial charge in [0, 0.05) is 49.7 Å². The second-order valence-electron chi connectivity index (χ2n) is 11.8. The number of piperazine rings is 1. The molecule has 0 aliphatic carbocycles. The molecule has 1 fully saturated rings. The van der Waals surface area contributed by atoms with Gasteiger partial charge in [-0.25, -0.2) is 9.59 Å². The lowest BCUT2D eigenvalue weighted by Crippen LogP contribution is -2.46. The normalized spacial score (nSPS) is 13.7. The Hall–Kier alpha value is -3.30. The van der Waals surface area contributed by atoms with Crippen LogP contribution in [0.1, 0.15) is 81.9 Å². The molecule has 1 heterocycles. The number of nitrogens with zero attached hydrogens (tertiary/aromatic N) is 2. The van der Waals surface area contributed by atoms with Gasteiger partial charge in [0.1, 0.15) is 0 Å². The lowest BCUT2D eigenvalue weighted by molar-refractivity contribution is -0.134. The van der Waals surface area contributed by atoms with E-state index in [9.17, 15) is 14.4 Å². The fourth-order valence-electron chi connectivity index (χ4n) is 5.20. The van der Waals surface area contributed by atoms with Gasteiger partial charge in [0.05, 0.1) is 5.75 Å². The van der Waals surface area contributed by atoms with Crippen LogP contribution < -0.4 is 10.2 Å². The number of para-hydroxylation sites is 2. The van der Waals surface area contributed by atoms with Gasteiger partial charge in [-0.1, -0.05) is 76.9 Å². The number of carbonyl (C=O) groups excluding carboxylic acids is 1. The molecule has 2 aromatic rings. The number of anilines is 2. The topological polar surface area (TPSA) is 110 Å². The predicted octanol–water partition coefficient (Wildman–Crippen LogP) is 7.01. The lowest BCUT2D eigenvalue weighted by Gasteiger charge is -2.36. The van der Waals surface area contributed by atoms with Crippen LogP contribution in [0.15, 0.2) is 54.6 Å². The number of carboxylic acid groups (broad SMARTS) is 2. The summed E-state index contributed by atoms with van der Waals surface area (Å²) in [6.07, 6.45) is 6.12. The van der Waals surface area contributed by atoms with E-state index in [1.54, 1.807) is 11.8 Å². The number of nitrogens with one attached hydrogen (secondary N) is 1. The van der Waals surface area contributed by atoms with Crippen molar-refractivity contribution < 1.29 is 24.6 Å². The number of rotatable bonds is 15. The number of hydrogen-bond acceptors (Lipinski definition) is 6. The summed E-state index contributed by atoms with van der Waals surface area (Å²) in [5, 5.41) is 18.9. The fourth-order valence-corrected chi connectivity index (χ4v) is 6.01. The van der Waals surface area contributed by atoms with Crippen LogP contribution in [0.2, 0.25) is 0 Å². The smallest absolute Gasteiger partial charge is 0.328 e. The molecule has 0 atom stereocenters. The highest BCUT2D eigenvalue weighted by atomic mass is 32.2. The Balaban J connectivity index is 0.000000742. The minimum absolute atomic E-state index is 0.125. The molecule has 9 heteroatoms. The lowest BCUT2D eigenvalue weighted by atomic mass is 9.92. The first-order valence-corrected chi connectivity index (χ1v) is 16.8. The van der Waals surface area contributed by atoms with E-state index < -0.39 is 11.9 Å². The van der Waals surface area contributed by atoms with Crippen LogP contribution in [-0.2, 0) is 14.4 Å². The van der Waals surface area contributed by atoms with Crippen molar-refractivity contribution >= 4 is 41.0 Å². The summed E-state index contributed by atoms with van der Waals surface area (Å²) in [7, 11) is 0. The third-order valence-electron chi connectivity index (χ3n) is 7.58. The van der Waals surface area contributed by atoms with Gasteiger partial charge >= 0.3 is 11.9 Å². The van der Waals surface area contributed by atoms with Crippen LogP contribution >= 0.6 is 11.8 Å². The molecule has 0 unspecified atom stereocenters. The van der Waals surface area contributed by atoms with E-state index >= 15 is 0 Å². The van der Waals surface area contributed by atoms with Gasteiger partial charge in [0.2, 0.25) is 5.91 Å². The van der Waals surface area contributed by atoms with Gasteiger partial charge < -0.3 is 20.4 Å². The van der Waals surface area contributed by atoms with E-state index in [1.165, 1.54) is 54.6 Å². The van der Waals surface area contributed by atoms with Crippen molar-refractivity contribution in [1.29, 1.82) is 0 Å². The second kappa shape index (κ2) is 19.9. The average molecular weight is 626 g/mol. The Kier molecular flexibility index (Phi) is 16.7. The summed E-state index contributed by atoms with van der Waals surface area (Å²) in [5.41, 5.74) is 6.27. The number of carbonyl (C=O) groups is 3. The summed E-state index contributed by atoms with van der Waals surface area (Å²) in [5.74, 6) is -0.00707. The third kappa shape index (κ3) is 13.6. The molecule has 1 aliphatic heterocycles. The SMILES string of the molecule is Cc1ccccc1N1CCN(CCCCCCSCC(=O)Nc2c(C(C)C)cccc2C(C)C)CC1.O=C(O)/C=C/C(=O)O. The van der Waals surface area contributed by atoms with E-state index in [1.807, 2.05) is 0 Å². The monoisotopic (exact) mass is 625 g/mol. The van der Waals surface area contributed by atoms with Gasteiger partial charge in [-0.05, 0) is 66.7 Å². The maximum atomic E-state index is 12.7. The van der Waals surface area contributed by atoms with E-state index in [0.717, 1.165) is 37.6 Å². The molecule has 0 saturated carbocycles. The average Bonchev–Trinajstić information content (AvgIpc) is 2.98. The van der Waals surface area contributed by atoms with Gasteiger partial charge in [-0.2, -0.15) is 11.8 Å². The van der Waals surface area contributed by atoms with Crippen LogP contribution in [0, 0.1) is 6.92 Å². The summed E-state index contributed by atoms with van der Waals surface area (Å²) >= 11 is 1.77. The Morgan fingerprint density at radius 2 is 1.39 bits per heavy atom. The maximum Gasteiger partial charge on any atom is 0.328 e. The molecule has 0 aromatic heterocycles. The van der Waals surface area contributed by atoms with E-state index in [4.69, 9.17) is 10.2 Å². The zero-order valence-electron chi connectivity index (χ0n) is 27.1. The Morgan fingerprint density at radius 3 is 1.93 bits per heavy atom. The van der Waals surface area contributed by atoms with Crippen LogP contribution in [0.3, 0.4) is 0 Å². The number of hydrogen-bond donors (Lipinski definition) is 3. The Labute approximate surface area is 267 Å². The largest absolute Gasteiger partial charge is 0.478 e. The van der Waals surface area contributed by atoms with Crippen molar-refractivity contribution in [3.05, 3.63) is 71.3 Å². The number of aliphatic carboxylic acids is 2. The van der Waals surface area contributed by atoms with Crippen molar-refractivity contribution in [1.82, 2.24) is 4.90 Å².